The van der Waals surface area contributed by atoms with Crippen molar-refractivity contribution in [3.8, 4) is 0 Å². The van der Waals surface area contributed by atoms with E-state index in [1.54, 1.807) is 6.92 Å². The average Bonchev–Trinajstić information content (AvgIpc) is 2.00. The van der Waals surface area contributed by atoms with E-state index in [0.717, 1.165) is 6.08 Å². The summed E-state index contributed by atoms with van der Waals surface area (Å²) in [6.45, 7) is 4.78. The highest BCUT2D eigenvalue weighted by Crippen LogP contribution is 1.86. The van der Waals surface area contributed by atoms with Crippen molar-refractivity contribution in [2.75, 3.05) is 6.61 Å². The van der Waals surface area contributed by atoms with Gasteiger partial charge in [-0.25, -0.2) is 4.21 Å². The van der Waals surface area contributed by atoms with Crippen LogP contribution in [0.2, 0.25) is 0 Å². The summed E-state index contributed by atoms with van der Waals surface area (Å²) in [4.78, 5) is 10.6. The first-order chi connectivity index (χ1) is 5.56. The predicted molar refractivity (Wildman–Crippen MR) is 42.7 cm³/mol. The first kappa shape index (κ1) is 11.3. The van der Waals surface area contributed by atoms with Gasteiger partial charge in [-0.2, -0.15) is 0 Å². The number of rotatable bonds is 5. The lowest BCUT2D eigenvalue weighted by Crippen LogP contribution is -2.34. The summed E-state index contributed by atoms with van der Waals surface area (Å²) in [6.07, 6.45) is 1.10. The second kappa shape index (κ2) is 5.87. The maximum atomic E-state index is 10.6. The van der Waals surface area contributed by atoms with Crippen LogP contribution in [0.15, 0.2) is 12.7 Å². The minimum Gasteiger partial charge on any atom is -0.750 e. The Hall–Kier alpha value is -0.720. The van der Waals surface area contributed by atoms with Gasteiger partial charge in [0.2, 0.25) is 5.91 Å². The SMILES string of the molecule is C=CC(=O)NC(C)COS(=O)[O-]. The van der Waals surface area contributed by atoms with Crippen LogP contribution in [0.4, 0.5) is 0 Å². The second-order valence-electron chi connectivity index (χ2n) is 2.10. The van der Waals surface area contributed by atoms with E-state index in [2.05, 4.69) is 16.1 Å². The average molecular weight is 192 g/mol. The normalized spacial score (nSPS) is 14.8. The standard InChI is InChI=1S/C6H11NO4S/c1-3-6(8)7-5(2)4-11-12(9)10/h3,5H,1,4H2,2H3,(H,7,8)(H,9,10)/p-1. The molecule has 0 radical (unpaired) electrons. The molecule has 2 unspecified atom stereocenters. The highest BCUT2D eigenvalue weighted by molar-refractivity contribution is 7.74. The summed E-state index contributed by atoms with van der Waals surface area (Å²) in [5.74, 6) is -0.359. The van der Waals surface area contributed by atoms with E-state index in [0.29, 0.717) is 0 Å². The van der Waals surface area contributed by atoms with Gasteiger partial charge >= 0.3 is 0 Å². The molecule has 0 heterocycles. The molecule has 0 aliphatic carbocycles. The van der Waals surface area contributed by atoms with Gasteiger partial charge in [-0.05, 0) is 13.0 Å². The molecule has 0 aromatic rings. The van der Waals surface area contributed by atoms with Gasteiger partial charge in [0.15, 0.2) is 0 Å². The molecule has 0 aliphatic rings. The number of nitrogens with one attached hydrogen (secondary N) is 1. The van der Waals surface area contributed by atoms with Crippen LogP contribution >= 0.6 is 0 Å². The fourth-order valence-electron chi connectivity index (χ4n) is 0.501. The Morgan fingerprint density at radius 2 is 2.50 bits per heavy atom. The molecule has 0 aromatic carbocycles. The number of hydrogen-bond acceptors (Lipinski definition) is 4. The third-order valence-electron chi connectivity index (χ3n) is 0.988. The summed E-state index contributed by atoms with van der Waals surface area (Å²) < 4.78 is 24.0. The van der Waals surface area contributed by atoms with Crippen molar-refractivity contribution in [3.05, 3.63) is 12.7 Å². The largest absolute Gasteiger partial charge is 0.750 e. The van der Waals surface area contributed by atoms with E-state index >= 15 is 0 Å². The molecule has 5 nitrogen and oxygen atoms in total. The van der Waals surface area contributed by atoms with Crippen LogP contribution in [0.5, 0.6) is 0 Å². The molecule has 0 fully saturated rings. The number of amides is 1. The highest BCUT2D eigenvalue weighted by atomic mass is 32.2. The monoisotopic (exact) mass is 192 g/mol. The summed E-state index contributed by atoms with van der Waals surface area (Å²) >= 11 is -2.53. The summed E-state index contributed by atoms with van der Waals surface area (Å²) in [5, 5.41) is 2.43. The number of hydrogen-bond donors (Lipinski definition) is 1. The van der Waals surface area contributed by atoms with Crippen molar-refractivity contribution < 1.29 is 17.7 Å². The molecule has 0 saturated carbocycles. The molecule has 1 amide bonds. The van der Waals surface area contributed by atoms with Crippen LogP contribution in [0.1, 0.15) is 6.92 Å². The maximum absolute atomic E-state index is 10.6. The number of carbonyl (C=O) groups excluding carboxylic acids is 1. The van der Waals surface area contributed by atoms with Crippen molar-refractivity contribution in [1.29, 1.82) is 0 Å². The first-order valence-electron chi connectivity index (χ1n) is 3.21. The van der Waals surface area contributed by atoms with Crippen molar-refractivity contribution in [2.45, 2.75) is 13.0 Å². The first-order valence-corrected chi connectivity index (χ1v) is 4.21. The van der Waals surface area contributed by atoms with Gasteiger partial charge in [0.1, 0.15) is 0 Å². The Morgan fingerprint density at radius 1 is 1.92 bits per heavy atom. The summed E-state index contributed by atoms with van der Waals surface area (Å²) in [5.41, 5.74) is 0. The fraction of sp³-hybridized carbons (Fsp3) is 0.500. The zero-order valence-corrected chi connectivity index (χ0v) is 7.43. The van der Waals surface area contributed by atoms with Gasteiger partial charge in [-0.15, -0.1) is 0 Å². The van der Waals surface area contributed by atoms with E-state index in [1.165, 1.54) is 0 Å². The lowest BCUT2D eigenvalue weighted by molar-refractivity contribution is -0.117. The zero-order valence-electron chi connectivity index (χ0n) is 6.61. The lowest BCUT2D eigenvalue weighted by Gasteiger charge is -2.13. The summed E-state index contributed by atoms with van der Waals surface area (Å²) in [6, 6.07) is -0.353. The maximum Gasteiger partial charge on any atom is 0.243 e. The molecule has 1 N–H and O–H groups in total. The van der Waals surface area contributed by atoms with Gasteiger partial charge < -0.3 is 9.87 Å². The second-order valence-corrected chi connectivity index (χ2v) is 2.75. The van der Waals surface area contributed by atoms with E-state index in [1.807, 2.05) is 0 Å². The zero-order chi connectivity index (χ0) is 9.56. The Bertz CT molecular complexity index is 194. The minimum absolute atomic E-state index is 0.0737. The molecule has 0 rings (SSSR count). The minimum atomic E-state index is -2.53. The Balaban J connectivity index is 3.59. The quantitative estimate of drug-likeness (QED) is 0.470. The van der Waals surface area contributed by atoms with E-state index in [-0.39, 0.29) is 18.6 Å². The van der Waals surface area contributed by atoms with Gasteiger partial charge in [-0.3, -0.25) is 8.98 Å². The molecule has 0 spiro atoms. The predicted octanol–water partition coefficient (Wildman–Crippen LogP) is -0.512. The molecular formula is C6H10NO4S-. The Kier molecular flexibility index (Phi) is 5.52. The van der Waals surface area contributed by atoms with Crippen LogP contribution in [-0.2, 0) is 20.3 Å². The van der Waals surface area contributed by atoms with Gasteiger partial charge in [0.05, 0.1) is 24.0 Å². The van der Waals surface area contributed by atoms with E-state index < -0.39 is 11.4 Å². The molecule has 70 valence electrons. The Morgan fingerprint density at radius 3 is 2.92 bits per heavy atom. The topological polar surface area (TPSA) is 78.5 Å². The molecule has 6 heteroatoms. The Labute approximate surface area is 73.3 Å². The van der Waals surface area contributed by atoms with Crippen LogP contribution < -0.4 is 5.32 Å². The van der Waals surface area contributed by atoms with E-state index in [4.69, 9.17) is 0 Å². The fourth-order valence-corrected chi connectivity index (χ4v) is 0.816. The third kappa shape index (κ3) is 6.02. The van der Waals surface area contributed by atoms with Gasteiger partial charge in [0.25, 0.3) is 0 Å². The molecule has 0 aliphatic heterocycles. The van der Waals surface area contributed by atoms with Gasteiger partial charge in [0, 0.05) is 0 Å². The van der Waals surface area contributed by atoms with Crippen molar-refractivity contribution in [2.24, 2.45) is 0 Å². The summed E-state index contributed by atoms with van der Waals surface area (Å²) in [7, 11) is 0. The third-order valence-corrected chi connectivity index (χ3v) is 1.32. The van der Waals surface area contributed by atoms with Crippen molar-refractivity contribution in [1.82, 2.24) is 5.32 Å². The van der Waals surface area contributed by atoms with Crippen LogP contribution in [0, 0.1) is 0 Å². The van der Waals surface area contributed by atoms with Crippen molar-refractivity contribution in [3.63, 3.8) is 0 Å². The molecule has 2 atom stereocenters. The van der Waals surface area contributed by atoms with Gasteiger partial charge in [-0.1, -0.05) is 6.58 Å². The molecule has 0 saturated heterocycles. The molecule has 0 aromatic heterocycles. The van der Waals surface area contributed by atoms with Crippen LogP contribution in [0.3, 0.4) is 0 Å². The smallest absolute Gasteiger partial charge is 0.243 e. The molecular weight excluding hydrogens is 182 g/mol. The number of carbonyl (C=O) groups is 1. The van der Waals surface area contributed by atoms with E-state index in [9.17, 15) is 13.6 Å². The highest BCUT2D eigenvalue weighted by Gasteiger charge is 2.03. The van der Waals surface area contributed by atoms with Crippen molar-refractivity contribution >= 4 is 17.3 Å². The van der Waals surface area contributed by atoms with Crippen LogP contribution in [0.25, 0.3) is 0 Å². The lowest BCUT2D eigenvalue weighted by atomic mass is 10.3. The molecule has 0 bridgehead atoms. The molecule has 12 heavy (non-hydrogen) atoms. The van der Waals surface area contributed by atoms with Crippen LogP contribution in [-0.4, -0.2) is 27.3 Å².